The molecule has 0 unspecified atom stereocenters. The number of aromatic nitrogens is 2. The molecule has 28 heavy (non-hydrogen) atoms. The van der Waals surface area contributed by atoms with Gasteiger partial charge in [0.15, 0.2) is 5.84 Å². The van der Waals surface area contributed by atoms with Crippen molar-refractivity contribution in [3.05, 3.63) is 95.8 Å². The van der Waals surface area contributed by atoms with Gasteiger partial charge in [0.05, 0.1) is 15.9 Å². The topological polar surface area (TPSA) is 64.3 Å². The summed E-state index contributed by atoms with van der Waals surface area (Å²) in [6, 6.07) is 23.6. The van der Waals surface area contributed by atoms with Crippen molar-refractivity contribution >= 4 is 26.9 Å². The molecular formula is C22H19N3O2S. The Morgan fingerprint density at radius 1 is 0.857 bits per heavy atom. The number of hydrogen-bond acceptors (Lipinski definition) is 3. The van der Waals surface area contributed by atoms with Crippen molar-refractivity contribution in [2.75, 3.05) is 0 Å². The number of benzene rings is 3. The maximum Gasteiger partial charge on any atom is 0.284 e. The third-order valence-electron chi connectivity index (χ3n) is 4.50. The summed E-state index contributed by atoms with van der Waals surface area (Å²) in [5.41, 5.74) is 3.28. The first-order valence-corrected chi connectivity index (χ1v) is 10.3. The molecule has 1 aromatic heterocycles. The van der Waals surface area contributed by atoms with Gasteiger partial charge in [0.1, 0.15) is 5.82 Å². The lowest BCUT2D eigenvalue weighted by atomic mass is 10.2. The molecule has 5 nitrogen and oxygen atoms in total. The molecule has 4 aromatic rings. The van der Waals surface area contributed by atoms with E-state index in [1.54, 1.807) is 28.8 Å². The minimum absolute atomic E-state index is 0.161. The van der Waals surface area contributed by atoms with Crippen LogP contribution < -0.4 is 0 Å². The first kappa shape index (κ1) is 18.1. The van der Waals surface area contributed by atoms with E-state index in [1.165, 1.54) is 0 Å². The molecule has 0 spiro atoms. The predicted octanol–water partition coefficient (Wildman–Crippen LogP) is 4.34. The summed E-state index contributed by atoms with van der Waals surface area (Å²) in [5, 5.41) is 0. The lowest BCUT2D eigenvalue weighted by Crippen LogP contribution is -2.17. The number of rotatable bonds is 3. The number of sulfonamides is 1. The molecule has 0 N–H and O–H groups in total. The fraction of sp³-hybridized carbons (Fsp3) is 0.0909. The summed E-state index contributed by atoms with van der Waals surface area (Å²) in [7, 11) is -3.90. The van der Waals surface area contributed by atoms with E-state index in [1.807, 2.05) is 68.4 Å². The Labute approximate surface area is 164 Å². The van der Waals surface area contributed by atoms with Crippen molar-refractivity contribution < 1.29 is 8.42 Å². The maximum absolute atomic E-state index is 13.0. The Kier molecular flexibility index (Phi) is 4.57. The Balaban J connectivity index is 1.98. The smallest absolute Gasteiger partial charge is 0.279 e. The summed E-state index contributed by atoms with van der Waals surface area (Å²) in [6.07, 6.45) is 0. The fourth-order valence-corrected chi connectivity index (χ4v) is 4.10. The minimum Gasteiger partial charge on any atom is -0.279 e. The minimum atomic E-state index is -3.90. The highest BCUT2D eigenvalue weighted by atomic mass is 32.2. The van der Waals surface area contributed by atoms with E-state index in [9.17, 15) is 8.42 Å². The van der Waals surface area contributed by atoms with E-state index >= 15 is 0 Å². The second-order valence-electron chi connectivity index (χ2n) is 6.55. The second kappa shape index (κ2) is 7.05. The van der Waals surface area contributed by atoms with Crippen molar-refractivity contribution in [3.8, 4) is 0 Å². The zero-order chi connectivity index (χ0) is 19.7. The molecule has 0 amide bonds. The van der Waals surface area contributed by atoms with Crippen LogP contribution in [0.15, 0.2) is 88.2 Å². The zero-order valence-electron chi connectivity index (χ0n) is 15.6. The highest BCUT2D eigenvalue weighted by Crippen LogP contribution is 2.21. The van der Waals surface area contributed by atoms with Gasteiger partial charge in [0, 0.05) is 5.56 Å². The van der Waals surface area contributed by atoms with Gasteiger partial charge in [-0.1, -0.05) is 60.2 Å². The van der Waals surface area contributed by atoms with Gasteiger partial charge in [0.2, 0.25) is 0 Å². The summed E-state index contributed by atoms with van der Waals surface area (Å²) in [4.78, 5) is 4.72. The Morgan fingerprint density at radius 3 is 2.21 bits per heavy atom. The van der Waals surface area contributed by atoms with Crippen LogP contribution in [0.1, 0.15) is 17.0 Å². The number of aryl methyl sites for hydroxylation is 2. The van der Waals surface area contributed by atoms with Crippen molar-refractivity contribution in [1.29, 1.82) is 0 Å². The van der Waals surface area contributed by atoms with Gasteiger partial charge >= 0.3 is 0 Å². The number of nitrogens with zero attached hydrogens (tertiary/aromatic N) is 3. The van der Waals surface area contributed by atoms with Crippen molar-refractivity contribution in [3.63, 3.8) is 0 Å². The van der Waals surface area contributed by atoms with Gasteiger partial charge in [-0.15, -0.1) is 4.40 Å². The van der Waals surface area contributed by atoms with Crippen molar-refractivity contribution in [1.82, 2.24) is 9.55 Å². The average molecular weight is 389 g/mol. The second-order valence-corrected chi connectivity index (χ2v) is 8.16. The molecule has 140 valence electrons. The Hall–Kier alpha value is -3.25. The van der Waals surface area contributed by atoms with Gasteiger partial charge in [-0.2, -0.15) is 8.42 Å². The van der Waals surface area contributed by atoms with E-state index in [0.29, 0.717) is 17.2 Å². The highest BCUT2D eigenvalue weighted by Gasteiger charge is 2.20. The third-order valence-corrected chi connectivity index (χ3v) is 5.78. The first-order valence-electron chi connectivity index (χ1n) is 8.87. The van der Waals surface area contributed by atoms with Crippen molar-refractivity contribution in [2.24, 2.45) is 4.40 Å². The molecule has 0 bridgehead atoms. The Morgan fingerprint density at radius 2 is 1.50 bits per heavy atom. The average Bonchev–Trinajstić information content (AvgIpc) is 3.03. The van der Waals surface area contributed by atoms with Crippen LogP contribution in [-0.4, -0.2) is 23.8 Å². The molecule has 0 radical (unpaired) electrons. The molecule has 6 heteroatoms. The largest absolute Gasteiger partial charge is 0.284 e. The van der Waals surface area contributed by atoms with E-state index in [4.69, 9.17) is 0 Å². The lowest BCUT2D eigenvalue weighted by Gasteiger charge is -2.12. The normalized spacial score (nSPS) is 12.4. The van der Waals surface area contributed by atoms with E-state index in [0.717, 1.165) is 16.6 Å². The monoisotopic (exact) mass is 389 g/mol. The fourth-order valence-electron chi connectivity index (χ4n) is 3.10. The quantitative estimate of drug-likeness (QED) is 0.387. The molecule has 4 rings (SSSR count). The SMILES string of the molecule is Cc1ccc(S(=O)(=O)/N=C(\c2ccccc2)n2c(C)nc3ccccc32)cc1. The number of para-hydroxylation sites is 2. The maximum atomic E-state index is 13.0. The summed E-state index contributed by atoms with van der Waals surface area (Å²) >= 11 is 0. The van der Waals surface area contributed by atoms with Gasteiger partial charge in [-0.05, 0) is 38.1 Å². The van der Waals surface area contributed by atoms with Crippen LogP contribution in [0, 0.1) is 13.8 Å². The third kappa shape index (κ3) is 3.34. The first-order chi connectivity index (χ1) is 13.5. The summed E-state index contributed by atoms with van der Waals surface area (Å²) in [5.74, 6) is 0.996. The molecule has 0 saturated carbocycles. The highest BCUT2D eigenvalue weighted by molar-refractivity contribution is 7.90. The molecule has 0 aliphatic rings. The summed E-state index contributed by atoms with van der Waals surface area (Å²) < 4.78 is 32.1. The molecule has 0 atom stereocenters. The van der Waals surface area contributed by atoms with Gasteiger partial charge in [-0.3, -0.25) is 4.57 Å². The van der Waals surface area contributed by atoms with Crippen LogP contribution >= 0.6 is 0 Å². The lowest BCUT2D eigenvalue weighted by molar-refractivity contribution is 0.598. The van der Waals surface area contributed by atoms with Crippen LogP contribution in [0.3, 0.4) is 0 Å². The van der Waals surface area contributed by atoms with E-state index in [2.05, 4.69) is 9.38 Å². The number of fused-ring (bicyclic) bond motifs is 1. The molecule has 0 saturated heterocycles. The Bertz CT molecular complexity index is 1270. The zero-order valence-corrected chi connectivity index (χ0v) is 16.4. The van der Waals surface area contributed by atoms with Gasteiger partial charge in [0.25, 0.3) is 10.0 Å². The summed E-state index contributed by atoms with van der Waals surface area (Å²) in [6.45, 7) is 3.76. The van der Waals surface area contributed by atoms with Gasteiger partial charge in [-0.25, -0.2) is 4.98 Å². The predicted molar refractivity (Wildman–Crippen MR) is 111 cm³/mol. The standard InChI is InChI=1S/C22H19N3O2S/c1-16-12-14-19(15-13-16)28(26,27)24-22(18-8-4-3-5-9-18)25-17(2)23-20-10-6-7-11-21(20)25/h3-15H,1-2H3/b24-22+. The van der Waals surface area contributed by atoms with Crippen molar-refractivity contribution in [2.45, 2.75) is 18.7 Å². The molecular weight excluding hydrogens is 370 g/mol. The van der Waals surface area contributed by atoms with Gasteiger partial charge < -0.3 is 0 Å². The number of imidazole rings is 1. The van der Waals surface area contributed by atoms with Crippen LogP contribution in [0.5, 0.6) is 0 Å². The van der Waals surface area contributed by atoms with E-state index < -0.39 is 10.0 Å². The molecule has 0 aliphatic carbocycles. The number of hydrogen-bond donors (Lipinski definition) is 0. The molecule has 3 aromatic carbocycles. The van der Waals surface area contributed by atoms with Crippen LogP contribution in [0.2, 0.25) is 0 Å². The molecule has 0 aliphatic heterocycles. The van der Waals surface area contributed by atoms with Crippen LogP contribution in [-0.2, 0) is 10.0 Å². The van der Waals surface area contributed by atoms with Crippen LogP contribution in [0.25, 0.3) is 11.0 Å². The van der Waals surface area contributed by atoms with Crippen LogP contribution in [0.4, 0.5) is 0 Å². The molecule has 0 fully saturated rings. The van der Waals surface area contributed by atoms with E-state index in [-0.39, 0.29) is 4.90 Å². The molecule has 1 heterocycles.